The molecule has 2 saturated heterocycles. The molecule has 2 aliphatic heterocycles. The molecule has 3 aromatic rings. The van der Waals surface area contributed by atoms with E-state index >= 15 is 0 Å². The molecule has 0 saturated carbocycles. The fourth-order valence-electron chi connectivity index (χ4n) is 5.52. The number of benzene rings is 2. The van der Waals surface area contributed by atoms with Gasteiger partial charge in [0.15, 0.2) is 0 Å². The number of piperidine rings is 1. The van der Waals surface area contributed by atoms with Gasteiger partial charge in [0.05, 0.1) is 16.6 Å². The van der Waals surface area contributed by atoms with Gasteiger partial charge in [-0.3, -0.25) is 4.79 Å². The summed E-state index contributed by atoms with van der Waals surface area (Å²) in [6.07, 6.45) is 8.39. The van der Waals surface area contributed by atoms with Crippen molar-refractivity contribution in [3.8, 4) is 5.75 Å². The molecule has 0 spiro atoms. The van der Waals surface area contributed by atoms with Gasteiger partial charge in [-0.15, -0.1) is 0 Å². The summed E-state index contributed by atoms with van der Waals surface area (Å²) in [5.74, 6) is 1.55. The minimum atomic E-state index is -0.217. The lowest BCUT2D eigenvalue weighted by Crippen LogP contribution is -2.44. The number of amides is 1. The number of ether oxygens (including phenoxy) is 1. The average Bonchev–Trinajstić information content (AvgIpc) is 3.43. The Balaban J connectivity index is 1.22. The lowest BCUT2D eigenvalue weighted by atomic mass is 10.0. The van der Waals surface area contributed by atoms with Crippen LogP contribution >= 0.6 is 11.6 Å². The van der Waals surface area contributed by atoms with Crippen LogP contribution in [0, 0.1) is 6.92 Å². The lowest BCUT2D eigenvalue weighted by Gasteiger charge is -2.37. The van der Waals surface area contributed by atoms with E-state index in [2.05, 4.69) is 28.1 Å². The standard InChI is InChI=1S/C31H37ClN4O2/c1-21(2)38-26-9-6-23(28(32)20-26)7-11-31(37)33-24-8-10-29-27(19-24)22(3)18-30(34-29)36-16-12-25(13-17-36)35-14-4-5-15-35/h6-11,18-21,25H,4-5,12-17H2,1-3H3,(H,33,37). The Morgan fingerprint density at radius 1 is 1.08 bits per heavy atom. The third-order valence-corrected chi connectivity index (χ3v) is 7.80. The van der Waals surface area contributed by atoms with E-state index in [-0.39, 0.29) is 12.0 Å². The van der Waals surface area contributed by atoms with Crippen LogP contribution in [-0.2, 0) is 4.79 Å². The first-order chi connectivity index (χ1) is 18.4. The van der Waals surface area contributed by atoms with Crippen molar-refractivity contribution in [2.45, 2.75) is 58.6 Å². The Morgan fingerprint density at radius 2 is 1.84 bits per heavy atom. The van der Waals surface area contributed by atoms with Crippen LogP contribution < -0.4 is 15.0 Å². The molecule has 0 bridgehead atoms. The van der Waals surface area contributed by atoms with Gasteiger partial charge in [0.2, 0.25) is 5.91 Å². The largest absolute Gasteiger partial charge is 0.491 e. The first-order valence-electron chi connectivity index (χ1n) is 13.7. The zero-order chi connectivity index (χ0) is 26.6. The third-order valence-electron chi connectivity index (χ3n) is 7.47. The molecule has 2 aliphatic rings. The molecule has 5 rings (SSSR count). The van der Waals surface area contributed by atoms with Gasteiger partial charge in [-0.05, 0) is 119 Å². The Kier molecular flexibility index (Phi) is 8.20. The number of carbonyl (C=O) groups is 1. The highest BCUT2D eigenvalue weighted by atomic mass is 35.5. The van der Waals surface area contributed by atoms with Gasteiger partial charge in [0.1, 0.15) is 11.6 Å². The molecule has 1 aromatic heterocycles. The second-order valence-electron chi connectivity index (χ2n) is 10.7. The van der Waals surface area contributed by atoms with Crippen LogP contribution in [0.3, 0.4) is 0 Å². The van der Waals surface area contributed by atoms with Gasteiger partial charge in [-0.25, -0.2) is 4.98 Å². The molecule has 6 nitrogen and oxygen atoms in total. The number of nitrogens with one attached hydrogen (secondary N) is 1. The molecule has 2 fully saturated rings. The number of pyridine rings is 1. The quantitative estimate of drug-likeness (QED) is 0.343. The number of likely N-dealkylation sites (tertiary alicyclic amines) is 1. The molecular formula is C31H37ClN4O2. The van der Waals surface area contributed by atoms with Crippen molar-refractivity contribution in [1.29, 1.82) is 0 Å². The van der Waals surface area contributed by atoms with Crippen molar-refractivity contribution in [3.63, 3.8) is 0 Å². The highest BCUT2D eigenvalue weighted by Crippen LogP contribution is 2.29. The van der Waals surface area contributed by atoms with Gasteiger partial charge >= 0.3 is 0 Å². The van der Waals surface area contributed by atoms with Crippen molar-refractivity contribution < 1.29 is 9.53 Å². The van der Waals surface area contributed by atoms with E-state index < -0.39 is 0 Å². The molecule has 1 N–H and O–H groups in total. The van der Waals surface area contributed by atoms with Crippen LogP contribution in [0.4, 0.5) is 11.5 Å². The first kappa shape index (κ1) is 26.5. The number of hydrogen-bond acceptors (Lipinski definition) is 5. The van der Waals surface area contributed by atoms with Gasteiger partial charge in [-0.2, -0.15) is 0 Å². The van der Waals surface area contributed by atoms with Gasteiger partial charge < -0.3 is 19.9 Å². The number of rotatable bonds is 7. The van der Waals surface area contributed by atoms with Gasteiger partial charge in [0.25, 0.3) is 0 Å². The molecule has 0 atom stereocenters. The zero-order valence-corrected chi connectivity index (χ0v) is 23.3. The Morgan fingerprint density at radius 3 is 2.55 bits per heavy atom. The van der Waals surface area contributed by atoms with Crippen LogP contribution in [0.5, 0.6) is 5.75 Å². The molecule has 1 amide bonds. The minimum Gasteiger partial charge on any atom is -0.491 e. The summed E-state index contributed by atoms with van der Waals surface area (Å²) in [7, 11) is 0. The molecule has 3 heterocycles. The predicted molar refractivity (Wildman–Crippen MR) is 157 cm³/mol. The number of carbonyl (C=O) groups excluding carboxylic acids is 1. The summed E-state index contributed by atoms with van der Waals surface area (Å²) in [6.45, 7) is 10.7. The second-order valence-corrected chi connectivity index (χ2v) is 11.1. The number of fused-ring (bicyclic) bond motifs is 1. The molecule has 2 aromatic carbocycles. The fourth-order valence-corrected chi connectivity index (χ4v) is 5.75. The monoisotopic (exact) mass is 532 g/mol. The molecule has 0 radical (unpaired) electrons. The maximum Gasteiger partial charge on any atom is 0.248 e. The summed E-state index contributed by atoms with van der Waals surface area (Å²) >= 11 is 6.37. The van der Waals surface area contributed by atoms with Gasteiger partial charge in [-0.1, -0.05) is 11.6 Å². The smallest absolute Gasteiger partial charge is 0.248 e. The Hall–Kier alpha value is -3.09. The van der Waals surface area contributed by atoms with E-state index in [9.17, 15) is 4.79 Å². The summed E-state index contributed by atoms with van der Waals surface area (Å²) < 4.78 is 5.67. The number of nitrogens with zero attached hydrogens (tertiary/aromatic N) is 3. The number of halogens is 1. The molecule has 38 heavy (non-hydrogen) atoms. The molecule has 7 heteroatoms. The van der Waals surface area contributed by atoms with E-state index in [1.54, 1.807) is 12.1 Å². The lowest BCUT2D eigenvalue weighted by molar-refractivity contribution is -0.111. The maximum absolute atomic E-state index is 12.6. The van der Waals surface area contributed by atoms with Crippen LogP contribution in [0.15, 0.2) is 48.5 Å². The minimum absolute atomic E-state index is 0.0720. The zero-order valence-electron chi connectivity index (χ0n) is 22.5. The van der Waals surface area contributed by atoms with Crippen molar-refractivity contribution in [3.05, 3.63) is 64.7 Å². The number of aromatic nitrogens is 1. The number of aryl methyl sites for hydroxylation is 1. The fraction of sp³-hybridized carbons (Fsp3) is 0.419. The normalized spacial score (nSPS) is 17.1. The molecule has 0 aliphatic carbocycles. The van der Waals surface area contributed by atoms with E-state index in [1.807, 2.05) is 44.2 Å². The summed E-state index contributed by atoms with van der Waals surface area (Å²) in [5, 5.41) is 4.55. The highest BCUT2D eigenvalue weighted by Gasteiger charge is 2.27. The van der Waals surface area contributed by atoms with Crippen LogP contribution in [0.2, 0.25) is 5.02 Å². The summed E-state index contributed by atoms with van der Waals surface area (Å²) in [6, 6.07) is 14.3. The summed E-state index contributed by atoms with van der Waals surface area (Å²) in [5.41, 5.74) is 3.61. The van der Waals surface area contributed by atoms with Crippen molar-refractivity contribution >= 4 is 46.0 Å². The summed E-state index contributed by atoms with van der Waals surface area (Å²) in [4.78, 5) is 22.7. The van der Waals surface area contributed by atoms with Crippen molar-refractivity contribution in [2.75, 3.05) is 36.4 Å². The van der Waals surface area contributed by atoms with Crippen LogP contribution in [0.1, 0.15) is 50.7 Å². The number of anilines is 2. The van der Waals surface area contributed by atoms with E-state index in [0.29, 0.717) is 10.8 Å². The second kappa shape index (κ2) is 11.7. The van der Waals surface area contributed by atoms with Crippen LogP contribution in [-0.4, -0.2) is 54.1 Å². The Labute approximate surface area is 230 Å². The van der Waals surface area contributed by atoms with Crippen LogP contribution in [0.25, 0.3) is 17.0 Å². The van der Waals surface area contributed by atoms with Gasteiger partial charge in [0, 0.05) is 36.3 Å². The third kappa shape index (κ3) is 6.30. The average molecular weight is 533 g/mol. The highest BCUT2D eigenvalue weighted by molar-refractivity contribution is 6.32. The van der Waals surface area contributed by atoms with E-state index in [0.717, 1.165) is 52.7 Å². The van der Waals surface area contributed by atoms with Crippen molar-refractivity contribution in [2.24, 2.45) is 0 Å². The van der Waals surface area contributed by atoms with E-state index in [4.69, 9.17) is 21.3 Å². The van der Waals surface area contributed by atoms with Crippen molar-refractivity contribution in [1.82, 2.24) is 9.88 Å². The molecule has 200 valence electrons. The maximum atomic E-state index is 12.6. The molecular weight excluding hydrogens is 496 g/mol. The number of hydrogen-bond donors (Lipinski definition) is 1. The molecule has 0 unspecified atom stereocenters. The first-order valence-corrected chi connectivity index (χ1v) is 14.1. The topological polar surface area (TPSA) is 57.7 Å². The SMILES string of the molecule is Cc1cc(N2CCC(N3CCCC3)CC2)nc2ccc(NC(=O)C=Cc3ccc(OC(C)C)cc3Cl)cc12. The Bertz CT molecular complexity index is 1320. The van der Waals surface area contributed by atoms with E-state index in [1.165, 1.54) is 44.8 Å². The predicted octanol–water partition coefficient (Wildman–Crippen LogP) is 6.70.